The van der Waals surface area contributed by atoms with E-state index >= 15 is 0 Å². The van der Waals surface area contributed by atoms with Gasteiger partial charge in [0.25, 0.3) is 0 Å². The summed E-state index contributed by atoms with van der Waals surface area (Å²) in [7, 11) is 0. The second-order valence-corrected chi connectivity index (χ2v) is 8.20. The molecule has 0 aliphatic carbocycles. The number of aromatic nitrogens is 1. The number of anilines is 1. The van der Waals surface area contributed by atoms with Crippen LogP contribution in [-0.2, 0) is 16.1 Å². The summed E-state index contributed by atoms with van der Waals surface area (Å²) in [6, 6.07) is 7.48. The third-order valence-electron chi connectivity index (χ3n) is 5.78. The molecule has 2 fully saturated rings. The Labute approximate surface area is 185 Å². The molecule has 8 nitrogen and oxygen atoms in total. The van der Waals surface area contributed by atoms with E-state index in [0.717, 1.165) is 17.5 Å². The summed E-state index contributed by atoms with van der Waals surface area (Å²) in [6.07, 6.45) is 4.74. The van der Waals surface area contributed by atoms with Crippen LogP contribution in [0.2, 0.25) is 5.02 Å². The largest absolute Gasteiger partial charge is 0.327 e. The second kappa shape index (κ2) is 9.03. The fraction of sp³-hybridized carbons (Fsp3) is 0.364. The number of rotatable bonds is 5. The molecule has 2 aliphatic rings. The zero-order valence-corrected chi connectivity index (χ0v) is 17.9. The number of halogens is 1. The summed E-state index contributed by atoms with van der Waals surface area (Å²) in [5, 5.41) is 6.62. The van der Waals surface area contributed by atoms with E-state index in [9.17, 15) is 14.4 Å². The van der Waals surface area contributed by atoms with Crippen molar-refractivity contribution in [1.29, 1.82) is 0 Å². The van der Waals surface area contributed by atoms with Crippen LogP contribution in [0.1, 0.15) is 24.0 Å². The molecule has 9 heteroatoms. The minimum absolute atomic E-state index is 0.136. The fourth-order valence-corrected chi connectivity index (χ4v) is 4.28. The molecule has 31 heavy (non-hydrogen) atoms. The predicted molar refractivity (Wildman–Crippen MR) is 117 cm³/mol. The number of nitrogens with zero attached hydrogens (tertiary/aromatic N) is 3. The second-order valence-electron chi connectivity index (χ2n) is 7.79. The molecule has 2 saturated heterocycles. The van der Waals surface area contributed by atoms with Crippen molar-refractivity contribution in [2.75, 3.05) is 18.4 Å². The lowest BCUT2D eigenvalue weighted by atomic mass is 9.93. The molecular weight excluding hydrogens is 418 g/mol. The Morgan fingerprint density at radius 3 is 2.81 bits per heavy atom. The molecule has 162 valence electrons. The maximum absolute atomic E-state index is 13.3. The molecule has 0 spiro atoms. The first-order valence-corrected chi connectivity index (χ1v) is 10.6. The van der Waals surface area contributed by atoms with Crippen LogP contribution in [0.15, 0.2) is 42.7 Å². The number of amides is 4. The SMILES string of the molecule is Cc1c(Cl)cccc1NC(=O)CN1C(=O)N(Cc2ccncc2)C(=O)C2NCCCC21. The molecule has 3 heterocycles. The van der Waals surface area contributed by atoms with E-state index in [2.05, 4.69) is 15.6 Å². The number of pyridine rings is 1. The molecule has 4 amide bonds. The number of imide groups is 1. The van der Waals surface area contributed by atoms with Crippen LogP contribution in [0, 0.1) is 6.92 Å². The average molecular weight is 442 g/mol. The molecule has 4 rings (SSSR count). The number of carbonyl (C=O) groups is 3. The number of hydrogen-bond acceptors (Lipinski definition) is 5. The number of fused-ring (bicyclic) bond motifs is 1. The van der Waals surface area contributed by atoms with Gasteiger partial charge in [-0.1, -0.05) is 17.7 Å². The summed E-state index contributed by atoms with van der Waals surface area (Å²) in [4.78, 5) is 45.9. The Hall–Kier alpha value is -2.97. The van der Waals surface area contributed by atoms with Gasteiger partial charge in [-0.15, -0.1) is 0 Å². The van der Waals surface area contributed by atoms with Gasteiger partial charge in [0.05, 0.1) is 12.6 Å². The molecule has 2 aromatic rings. The van der Waals surface area contributed by atoms with Crippen LogP contribution in [0.25, 0.3) is 0 Å². The molecule has 0 radical (unpaired) electrons. The normalized spacial score (nSPS) is 21.1. The van der Waals surface area contributed by atoms with Gasteiger partial charge in [0.1, 0.15) is 12.6 Å². The van der Waals surface area contributed by atoms with Crippen LogP contribution in [0.3, 0.4) is 0 Å². The Balaban J connectivity index is 1.55. The average Bonchev–Trinajstić information content (AvgIpc) is 2.78. The number of hydrogen-bond donors (Lipinski definition) is 2. The van der Waals surface area contributed by atoms with Crippen LogP contribution < -0.4 is 10.6 Å². The van der Waals surface area contributed by atoms with Crippen LogP contribution >= 0.6 is 11.6 Å². The first kappa shape index (κ1) is 21.3. The zero-order valence-electron chi connectivity index (χ0n) is 17.2. The molecule has 2 unspecified atom stereocenters. The Morgan fingerprint density at radius 2 is 2.03 bits per heavy atom. The minimum Gasteiger partial charge on any atom is -0.324 e. The zero-order chi connectivity index (χ0) is 22.0. The first-order valence-electron chi connectivity index (χ1n) is 10.2. The topological polar surface area (TPSA) is 94.6 Å². The summed E-state index contributed by atoms with van der Waals surface area (Å²) in [6.45, 7) is 2.51. The number of piperidine rings is 1. The van der Waals surface area contributed by atoms with E-state index in [0.29, 0.717) is 23.7 Å². The van der Waals surface area contributed by atoms with Gasteiger partial charge >= 0.3 is 6.03 Å². The Kier molecular flexibility index (Phi) is 6.20. The van der Waals surface area contributed by atoms with Crippen LogP contribution in [0.4, 0.5) is 10.5 Å². The molecule has 2 atom stereocenters. The van der Waals surface area contributed by atoms with Gasteiger partial charge < -0.3 is 15.5 Å². The predicted octanol–water partition coefficient (Wildman–Crippen LogP) is 2.57. The van der Waals surface area contributed by atoms with Crippen molar-refractivity contribution in [3.05, 3.63) is 58.9 Å². The number of nitrogens with one attached hydrogen (secondary N) is 2. The number of urea groups is 1. The molecule has 1 aromatic heterocycles. The third-order valence-corrected chi connectivity index (χ3v) is 6.19. The maximum Gasteiger partial charge on any atom is 0.327 e. The van der Waals surface area contributed by atoms with Crippen molar-refractivity contribution >= 4 is 35.1 Å². The molecule has 2 aliphatic heterocycles. The lowest BCUT2D eigenvalue weighted by Gasteiger charge is -2.46. The maximum atomic E-state index is 13.3. The lowest BCUT2D eigenvalue weighted by molar-refractivity contribution is -0.138. The van der Waals surface area contributed by atoms with E-state index < -0.39 is 12.1 Å². The summed E-state index contributed by atoms with van der Waals surface area (Å²) >= 11 is 6.14. The van der Waals surface area contributed by atoms with Gasteiger partial charge in [-0.25, -0.2) is 4.79 Å². The minimum atomic E-state index is -0.519. The van der Waals surface area contributed by atoms with Gasteiger partial charge in [-0.3, -0.25) is 19.5 Å². The smallest absolute Gasteiger partial charge is 0.324 e. The van der Waals surface area contributed by atoms with E-state index in [1.807, 2.05) is 6.92 Å². The molecule has 0 saturated carbocycles. The van der Waals surface area contributed by atoms with Crippen molar-refractivity contribution in [1.82, 2.24) is 20.1 Å². The first-order chi connectivity index (χ1) is 15.0. The van der Waals surface area contributed by atoms with E-state index in [1.165, 1.54) is 9.80 Å². The standard InChI is InChI=1S/C22H24ClN5O3/c1-14-16(23)4-2-5-17(14)26-19(29)13-27-18-6-3-9-25-20(18)21(30)28(22(27)31)12-15-7-10-24-11-8-15/h2,4-5,7-8,10-11,18,20,25H,3,6,9,12-13H2,1H3,(H,26,29). The van der Waals surface area contributed by atoms with Gasteiger partial charge in [0, 0.05) is 23.1 Å². The highest BCUT2D eigenvalue weighted by Crippen LogP contribution is 2.27. The summed E-state index contributed by atoms with van der Waals surface area (Å²) in [5.74, 6) is -0.588. The van der Waals surface area contributed by atoms with Crippen molar-refractivity contribution < 1.29 is 14.4 Å². The van der Waals surface area contributed by atoms with Crippen molar-refractivity contribution in [2.45, 2.75) is 38.4 Å². The molecule has 0 bridgehead atoms. The van der Waals surface area contributed by atoms with Crippen LogP contribution in [0.5, 0.6) is 0 Å². The highest BCUT2D eigenvalue weighted by molar-refractivity contribution is 6.31. The fourth-order valence-electron chi connectivity index (χ4n) is 4.11. The van der Waals surface area contributed by atoms with Gasteiger partial charge in [0.15, 0.2) is 0 Å². The van der Waals surface area contributed by atoms with Gasteiger partial charge in [0.2, 0.25) is 11.8 Å². The number of benzene rings is 1. The van der Waals surface area contributed by atoms with Crippen molar-refractivity contribution in [3.63, 3.8) is 0 Å². The molecule has 1 aromatic carbocycles. The lowest BCUT2D eigenvalue weighted by Crippen LogP contribution is -2.70. The van der Waals surface area contributed by atoms with E-state index in [-0.39, 0.29) is 30.9 Å². The van der Waals surface area contributed by atoms with Crippen molar-refractivity contribution in [2.24, 2.45) is 0 Å². The highest BCUT2D eigenvalue weighted by atomic mass is 35.5. The van der Waals surface area contributed by atoms with Crippen molar-refractivity contribution in [3.8, 4) is 0 Å². The molecule has 2 N–H and O–H groups in total. The highest BCUT2D eigenvalue weighted by Gasteiger charge is 2.47. The summed E-state index contributed by atoms with van der Waals surface area (Å²) in [5.41, 5.74) is 2.16. The Morgan fingerprint density at radius 1 is 1.26 bits per heavy atom. The summed E-state index contributed by atoms with van der Waals surface area (Å²) < 4.78 is 0. The third kappa shape index (κ3) is 4.40. The van der Waals surface area contributed by atoms with E-state index in [4.69, 9.17) is 11.6 Å². The van der Waals surface area contributed by atoms with Crippen LogP contribution in [-0.4, -0.2) is 57.8 Å². The quantitative estimate of drug-likeness (QED) is 0.743. The molecular formula is C22H24ClN5O3. The Bertz CT molecular complexity index is 1000. The van der Waals surface area contributed by atoms with E-state index in [1.54, 1.807) is 42.7 Å². The monoisotopic (exact) mass is 441 g/mol. The van der Waals surface area contributed by atoms with Gasteiger partial charge in [-0.05, 0) is 61.7 Å². The van der Waals surface area contributed by atoms with Gasteiger partial charge in [-0.2, -0.15) is 0 Å². The number of carbonyl (C=O) groups excluding carboxylic acids is 3.